The van der Waals surface area contributed by atoms with Gasteiger partial charge in [0.1, 0.15) is 0 Å². The van der Waals surface area contributed by atoms with Crippen LogP contribution in [0.3, 0.4) is 0 Å². The Bertz CT molecular complexity index is 1780. The first-order chi connectivity index (χ1) is 23.6. The molecule has 2 nitrogen and oxygen atoms in total. The van der Waals surface area contributed by atoms with Crippen molar-refractivity contribution in [2.45, 2.75) is 53.8 Å². The van der Waals surface area contributed by atoms with Gasteiger partial charge in [0, 0.05) is 39.5 Å². The van der Waals surface area contributed by atoms with E-state index < -0.39 is 0 Å². The molecule has 6 aromatic carbocycles. The highest BCUT2D eigenvalue weighted by Gasteiger charge is 2.54. The number of benzene rings is 6. The van der Waals surface area contributed by atoms with Crippen molar-refractivity contribution in [3.8, 4) is 0 Å². The zero-order valence-corrected chi connectivity index (χ0v) is 32.9. The number of rotatable bonds is 8. The maximum atomic E-state index is 2.75. The number of halogens is 2. The molecule has 0 bridgehead atoms. The molecule has 0 saturated heterocycles. The Morgan fingerprint density at radius 2 is 0.612 bits per heavy atom. The fraction of sp³-hybridized carbons (Fsp3) is 0.200. The van der Waals surface area contributed by atoms with Gasteiger partial charge in [-0.25, -0.2) is 0 Å². The molecular formula is C45H42I2N2. The first-order valence-electron chi connectivity index (χ1n) is 17.1. The fourth-order valence-corrected chi connectivity index (χ4v) is 9.86. The monoisotopic (exact) mass is 864 g/mol. The molecule has 49 heavy (non-hydrogen) atoms. The molecule has 6 aromatic rings. The van der Waals surface area contributed by atoms with Crippen molar-refractivity contribution >= 4 is 79.3 Å². The Hall–Kier alpha value is -3.62. The van der Waals surface area contributed by atoms with Crippen molar-refractivity contribution < 1.29 is 0 Å². The van der Waals surface area contributed by atoms with Crippen LogP contribution in [0.1, 0.15) is 52.6 Å². The molecule has 1 fully saturated rings. The van der Waals surface area contributed by atoms with Gasteiger partial charge < -0.3 is 9.80 Å². The van der Waals surface area contributed by atoms with Gasteiger partial charge in [-0.15, -0.1) is 0 Å². The van der Waals surface area contributed by atoms with Gasteiger partial charge in [0.05, 0.1) is 1.43 Å². The molecule has 1 aliphatic rings. The average Bonchev–Trinajstić information content (AvgIpc) is 3.44. The molecule has 246 valence electrons. The van der Waals surface area contributed by atoms with E-state index in [1.165, 1.54) is 57.6 Å². The third-order valence-electron chi connectivity index (χ3n) is 10.1. The minimum absolute atomic E-state index is 0.0484. The molecule has 0 atom stereocenters. The highest BCUT2D eigenvalue weighted by atomic mass is 127. The predicted octanol–water partition coefficient (Wildman–Crippen LogP) is 13.9. The number of anilines is 6. The molecule has 7 rings (SSSR count). The van der Waals surface area contributed by atoms with Crippen LogP contribution in [0.15, 0.2) is 146 Å². The number of hydrogen-bond acceptors (Lipinski definition) is 2. The maximum Gasteiger partial charge on any atom is 0.0871 e. The summed E-state index contributed by atoms with van der Waals surface area (Å²) in [7, 11) is 0. The molecule has 0 amide bonds. The fourth-order valence-electron chi connectivity index (χ4n) is 7.31. The number of aryl methyl sites for hydroxylation is 4. The third kappa shape index (κ3) is 6.66. The zero-order valence-electron chi connectivity index (χ0n) is 28.6. The smallest absolute Gasteiger partial charge is 0.0871 e. The summed E-state index contributed by atoms with van der Waals surface area (Å²) in [6.45, 7) is 8.58. The second-order valence-electron chi connectivity index (χ2n) is 13.6. The number of alkyl halides is 2. The van der Waals surface area contributed by atoms with Gasteiger partial charge in [0.2, 0.25) is 0 Å². The molecule has 0 aromatic heterocycles. The van der Waals surface area contributed by atoms with Crippen LogP contribution in [0.5, 0.6) is 0 Å². The summed E-state index contributed by atoms with van der Waals surface area (Å²) >= 11 is 5.49. The standard InChI is InChI=1S/C45H42I2N2/c1-32-6-18-38(19-7-32)48(39-20-8-33(2)9-21-39)42-26-14-36(15-27-42)44(30-5-31-45(44,46)47)37-16-28-43(29-17-37)49(40-22-10-34(3)11-23-40)41-24-12-35(4)13-25-41/h6-29H,5,30-31H2,1-4H3. The summed E-state index contributed by atoms with van der Waals surface area (Å²) in [5, 5.41) is 0. The van der Waals surface area contributed by atoms with Gasteiger partial charge in [0.25, 0.3) is 0 Å². The molecule has 1 saturated carbocycles. The van der Waals surface area contributed by atoms with Crippen LogP contribution in [-0.4, -0.2) is 1.43 Å². The van der Waals surface area contributed by atoms with E-state index in [9.17, 15) is 0 Å². The zero-order chi connectivity index (χ0) is 34.2. The van der Waals surface area contributed by atoms with Gasteiger partial charge in [-0.1, -0.05) is 140 Å². The summed E-state index contributed by atoms with van der Waals surface area (Å²) in [6.07, 6.45) is 3.50. The molecule has 0 heterocycles. The summed E-state index contributed by atoms with van der Waals surface area (Å²) in [6, 6.07) is 54.2. The molecular weight excluding hydrogens is 822 g/mol. The molecule has 4 heteroatoms. The lowest BCUT2D eigenvalue weighted by molar-refractivity contribution is 0.548. The first-order valence-corrected chi connectivity index (χ1v) is 19.3. The van der Waals surface area contributed by atoms with Crippen molar-refractivity contribution in [3.05, 3.63) is 179 Å². The lowest BCUT2D eigenvalue weighted by Crippen LogP contribution is -2.39. The van der Waals surface area contributed by atoms with E-state index in [0.29, 0.717) is 0 Å². The van der Waals surface area contributed by atoms with E-state index >= 15 is 0 Å². The van der Waals surface area contributed by atoms with Gasteiger partial charge in [-0.3, -0.25) is 0 Å². The highest BCUT2D eigenvalue weighted by Crippen LogP contribution is 2.61. The van der Waals surface area contributed by atoms with E-state index in [1.807, 2.05) is 0 Å². The van der Waals surface area contributed by atoms with Crippen LogP contribution < -0.4 is 9.80 Å². The van der Waals surface area contributed by atoms with E-state index in [0.717, 1.165) is 29.2 Å². The van der Waals surface area contributed by atoms with Crippen LogP contribution in [0, 0.1) is 27.7 Å². The molecule has 0 aliphatic heterocycles. The quantitative estimate of drug-likeness (QED) is 0.111. The predicted molar refractivity (Wildman–Crippen MR) is 227 cm³/mol. The van der Waals surface area contributed by atoms with Crippen molar-refractivity contribution in [3.63, 3.8) is 0 Å². The summed E-state index contributed by atoms with van der Waals surface area (Å²) in [5.74, 6) is 0. The van der Waals surface area contributed by atoms with E-state index in [2.05, 4.69) is 228 Å². The minimum atomic E-state index is -0.109. The lowest BCUT2D eigenvalue weighted by Gasteiger charge is -2.40. The van der Waals surface area contributed by atoms with Crippen LogP contribution in [0.25, 0.3) is 0 Å². The minimum Gasteiger partial charge on any atom is -0.311 e. The van der Waals surface area contributed by atoms with Crippen LogP contribution in [0.2, 0.25) is 0 Å². The molecule has 0 N–H and O–H groups in total. The Labute approximate surface area is 319 Å². The van der Waals surface area contributed by atoms with Gasteiger partial charge >= 0.3 is 0 Å². The highest BCUT2D eigenvalue weighted by molar-refractivity contribution is 14.2. The maximum absolute atomic E-state index is 2.75. The third-order valence-corrected chi connectivity index (χ3v) is 13.0. The van der Waals surface area contributed by atoms with Crippen LogP contribution >= 0.6 is 45.2 Å². The molecule has 0 spiro atoms. The summed E-state index contributed by atoms with van der Waals surface area (Å²) < 4.78 is 0.0484. The van der Waals surface area contributed by atoms with Crippen molar-refractivity contribution in [2.24, 2.45) is 0 Å². The number of hydrogen-bond donors (Lipinski definition) is 0. The summed E-state index contributed by atoms with van der Waals surface area (Å²) in [4.78, 5) is 4.73. The lowest BCUT2D eigenvalue weighted by atomic mass is 9.73. The summed E-state index contributed by atoms with van der Waals surface area (Å²) in [5.41, 5.74) is 14.7. The average molecular weight is 865 g/mol. The molecule has 1 aliphatic carbocycles. The second-order valence-corrected chi connectivity index (χ2v) is 19.3. The Balaban J connectivity index is 1.28. The molecule has 0 radical (unpaired) electrons. The molecule has 0 unspecified atom stereocenters. The van der Waals surface area contributed by atoms with Gasteiger partial charge in [-0.05, 0) is 131 Å². The second kappa shape index (κ2) is 13.9. The van der Waals surface area contributed by atoms with E-state index in [4.69, 9.17) is 0 Å². The van der Waals surface area contributed by atoms with Crippen molar-refractivity contribution in [2.75, 3.05) is 9.80 Å². The van der Waals surface area contributed by atoms with Crippen LogP contribution in [0.4, 0.5) is 34.1 Å². The Morgan fingerprint density at radius 1 is 0.367 bits per heavy atom. The van der Waals surface area contributed by atoms with Crippen molar-refractivity contribution in [1.82, 2.24) is 0 Å². The number of nitrogens with zero attached hydrogens (tertiary/aromatic N) is 2. The van der Waals surface area contributed by atoms with Gasteiger partial charge in [-0.2, -0.15) is 0 Å². The normalized spacial score (nSPS) is 14.8. The Kier molecular flexibility index (Phi) is 9.64. The van der Waals surface area contributed by atoms with E-state index in [1.54, 1.807) is 0 Å². The van der Waals surface area contributed by atoms with Crippen LogP contribution in [-0.2, 0) is 5.41 Å². The first kappa shape index (κ1) is 33.9. The SMILES string of the molecule is Cc1ccc(N(c2ccc(C)cc2)c2ccc(C3(c4ccc(N(c5ccc(C)cc5)c5ccc(C)cc5)cc4)CCCC3(I)I)cc2)cc1. The Morgan fingerprint density at radius 3 is 0.837 bits per heavy atom. The van der Waals surface area contributed by atoms with Gasteiger partial charge in [0.15, 0.2) is 0 Å². The topological polar surface area (TPSA) is 6.48 Å². The largest absolute Gasteiger partial charge is 0.311 e. The van der Waals surface area contributed by atoms with E-state index in [-0.39, 0.29) is 6.84 Å². The van der Waals surface area contributed by atoms with Crippen molar-refractivity contribution in [1.29, 1.82) is 0 Å².